The molecular weight excluding hydrogens is 190 g/mol. The molecule has 0 heterocycles. The maximum atomic E-state index is 11.1. The van der Waals surface area contributed by atoms with Crippen LogP contribution >= 0.6 is 0 Å². The first kappa shape index (κ1) is 12.2. The molecule has 15 heavy (non-hydrogen) atoms. The molecule has 0 amide bonds. The second-order valence-electron chi connectivity index (χ2n) is 4.37. The third-order valence-corrected chi connectivity index (χ3v) is 2.77. The van der Waals surface area contributed by atoms with Gasteiger partial charge in [0.1, 0.15) is 0 Å². The number of methoxy groups -OCH3 is 1. The third kappa shape index (κ3) is 4.98. The first-order chi connectivity index (χ1) is 7.13. The van der Waals surface area contributed by atoms with Crippen LogP contribution < -0.4 is 5.32 Å². The van der Waals surface area contributed by atoms with Crippen molar-refractivity contribution in [2.75, 3.05) is 13.7 Å². The van der Waals surface area contributed by atoms with E-state index in [0.717, 1.165) is 12.5 Å². The van der Waals surface area contributed by atoms with Crippen LogP contribution in [0.2, 0.25) is 0 Å². The highest BCUT2D eigenvalue weighted by atomic mass is 16.5. The van der Waals surface area contributed by atoms with Gasteiger partial charge in [0, 0.05) is 18.2 Å². The highest BCUT2D eigenvalue weighted by Crippen LogP contribution is 2.33. The van der Waals surface area contributed by atoms with Crippen molar-refractivity contribution in [3.05, 3.63) is 11.6 Å². The van der Waals surface area contributed by atoms with Gasteiger partial charge in [-0.25, -0.2) is 4.79 Å². The van der Waals surface area contributed by atoms with Crippen molar-refractivity contribution in [3.8, 4) is 0 Å². The van der Waals surface area contributed by atoms with Crippen molar-refractivity contribution in [3.63, 3.8) is 0 Å². The lowest BCUT2D eigenvalue weighted by atomic mass is 10.1. The summed E-state index contributed by atoms with van der Waals surface area (Å²) in [6.07, 6.45) is 5.92. The SMILES string of the molecule is COC(=O)C(C)=CCNC(C)CC1CC1. The van der Waals surface area contributed by atoms with Crippen LogP contribution in [0, 0.1) is 5.92 Å². The normalized spacial score (nSPS) is 18.7. The van der Waals surface area contributed by atoms with Crippen molar-refractivity contribution >= 4 is 5.97 Å². The lowest BCUT2D eigenvalue weighted by Gasteiger charge is -2.11. The first-order valence-electron chi connectivity index (χ1n) is 5.62. The highest BCUT2D eigenvalue weighted by molar-refractivity contribution is 5.87. The summed E-state index contributed by atoms with van der Waals surface area (Å²) in [5, 5.41) is 3.38. The molecule has 86 valence electrons. The van der Waals surface area contributed by atoms with Gasteiger partial charge in [0.25, 0.3) is 0 Å². The Balaban J connectivity index is 2.15. The topological polar surface area (TPSA) is 38.3 Å². The molecule has 1 rings (SSSR count). The lowest BCUT2D eigenvalue weighted by molar-refractivity contribution is -0.136. The van der Waals surface area contributed by atoms with Gasteiger partial charge in [-0.1, -0.05) is 18.9 Å². The summed E-state index contributed by atoms with van der Waals surface area (Å²) in [6.45, 7) is 4.72. The number of rotatable bonds is 6. The van der Waals surface area contributed by atoms with Crippen LogP contribution in [0.3, 0.4) is 0 Å². The summed E-state index contributed by atoms with van der Waals surface area (Å²) in [5.41, 5.74) is 0.670. The molecule has 3 heteroatoms. The van der Waals surface area contributed by atoms with Crippen LogP contribution in [0.5, 0.6) is 0 Å². The van der Waals surface area contributed by atoms with Gasteiger partial charge in [0.05, 0.1) is 7.11 Å². The zero-order chi connectivity index (χ0) is 11.3. The van der Waals surface area contributed by atoms with E-state index >= 15 is 0 Å². The van der Waals surface area contributed by atoms with Gasteiger partial charge in [-0.15, -0.1) is 0 Å². The van der Waals surface area contributed by atoms with Crippen LogP contribution in [-0.2, 0) is 9.53 Å². The monoisotopic (exact) mass is 211 g/mol. The number of ether oxygens (including phenoxy) is 1. The Morgan fingerprint density at radius 2 is 2.27 bits per heavy atom. The fourth-order valence-corrected chi connectivity index (χ4v) is 1.59. The Bertz CT molecular complexity index is 244. The molecule has 0 bridgehead atoms. The van der Waals surface area contributed by atoms with Crippen molar-refractivity contribution in [1.29, 1.82) is 0 Å². The van der Waals surface area contributed by atoms with Gasteiger partial charge in [-0.3, -0.25) is 0 Å². The first-order valence-corrected chi connectivity index (χ1v) is 5.62. The van der Waals surface area contributed by atoms with Gasteiger partial charge in [0.2, 0.25) is 0 Å². The number of carbonyl (C=O) groups is 1. The predicted molar refractivity (Wildman–Crippen MR) is 60.6 cm³/mol. The summed E-state index contributed by atoms with van der Waals surface area (Å²) < 4.78 is 4.61. The lowest BCUT2D eigenvalue weighted by Crippen LogP contribution is -2.26. The van der Waals surface area contributed by atoms with Gasteiger partial charge in [-0.2, -0.15) is 0 Å². The Kier molecular flexibility index (Phi) is 4.82. The van der Waals surface area contributed by atoms with Gasteiger partial charge in [0.15, 0.2) is 0 Å². The van der Waals surface area contributed by atoms with Crippen molar-refractivity contribution < 1.29 is 9.53 Å². The Labute approximate surface area is 91.9 Å². The number of carbonyl (C=O) groups excluding carboxylic acids is 1. The molecule has 0 aromatic carbocycles. The molecular formula is C12H21NO2. The molecule has 0 saturated heterocycles. The Morgan fingerprint density at radius 3 is 2.80 bits per heavy atom. The molecule has 0 aliphatic heterocycles. The fraction of sp³-hybridized carbons (Fsp3) is 0.750. The van der Waals surface area contributed by atoms with E-state index in [1.807, 2.05) is 6.08 Å². The van der Waals surface area contributed by atoms with Crippen LogP contribution in [0.4, 0.5) is 0 Å². The molecule has 1 atom stereocenters. The Hall–Kier alpha value is -0.830. The second kappa shape index (κ2) is 5.91. The minimum atomic E-state index is -0.244. The smallest absolute Gasteiger partial charge is 0.333 e. The van der Waals surface area contributed by atoms with Crippen LogP contribution in [0.25, 0.3) is 0 Å². The van der Waals surface area contributed by atoms with Crippen LogP contribution in [0.15, 0.2) is 11.6 Å². The molecule has 1 fully saturated rings. The summed E-state index contributed by atoms with van der Waals surface area (Å²) in [4.78, 5) is 11.1. The van der Waals surface area contributed by atoms with Gasteiger partial charge in [-0.05, 0) is 26.2 Å². The van der Waals surface area contributed by atoms with E-state index in [1.165, 1.54) is 26.4 Å². The summed E-state index contributed by atoms with van der Waals surface area (Å²) in [7, 11) is 1.41. The summed E-state index contributed by atoms with van der Waals surface area (Å²) in [5.74, 6) is 0.699. The van der Waals surface area contributed by atoms with E-state index in [-0.39, 0.29) is 5.97 Å². The highest BCUT2D eigenvalue weighted by Gasteiger charge is 2.22. The van der Waals surface area contributed by atoms with Crippen LogP contribution in [-0.4, -0.2) is 25.7 Å². The number of hydrogen-bond acceptors (Lipinski definition) is 3. The summed E-state index contributed by atoms with van der Waals surface area (Å²) in [6, 6.07) is 0.541. The summed E-state index contributed by atoms with van der Waals surface area (Å²) >= 11 is 0. The number of hydrogen-bond donors (Lipinski definition) is 1. The molecule has 0 aromatic heterocycles. The van der Waals surface area contributed by atoms with Crippen molar-refractivity contribution in [2.45, 2.75) is 39.2 Å². The number of nitrogens with one attached hydrogen (secondary N) is 1. The molecule has 1 saturated carbocycles. The van der Waals surface area contributed by atoms with Crippen molar-refractivity contribution in [2.24, 2.45) is 5.92 Å². The minimum Gasteiger partial charge on any atom is -0.466 e. The van der Waals surface area contributed by atoms with Crippen molar-refractivity contribution in [1.82, 2.24) is 5.32 Å². The molecule has 0 spiro atoms. The molecule has 3 nitrogen and oxygen atoms in total. The van der Waals surface area contributed by atoms with E-state index in [0.29, 0.717) is 11.6 Å². The quantitative estimate of drug-likeness (QED) is 0.538. The molecule has 1 N–H and O–H groups in total. The number of esters is 1. The largest absolute Gasteiger partial charge is 0.466 e. The fourth-order valence-electron chi connectivity index (χ4n) is 1.59. The van der Waals surface area contributed by atoms with Crippen LogP contribution in [0.1, 0.15) is 33.1 Å². The van der Waals surface area contributed by atoms with E-state index < -0.39 is 0 Å². The molecule has 1 aliphatic carbocycles. The van der Waals surface area contributed by atoms with Gasteiger partial charge < -0.3 is 10.1 Å². The zero-order valence-electron chi connectivity index (χ0n) is 9.88. The minimum absolute atomic E-state index is 0.244. The van der Waals surface area contributed by atoms with Gasteiger partial charge >= 0.3 is 5.97 Å². The van der Waals surface area contributed by atoms with E-state index in [4.69, 9.17) is 0 Å². The molecule has 1 unspecified atom stereocenters. The third-order valence-electron chi connectivity index (χ3n) is 2.77. The maximum absolute atomic E-state index is 11.1. The van der Waals surface area contributed by atoms with E-state index in [9.17, 15) is 4.79 Å². The predicted octanol–water partition coefficient (Wildman–Crippen LogP) is 1.88. The molecule has 0 aromatic rings. The second-order valence-corrected chi connectivity index (χ2v) is 4.37. The van der Waals surface area contributed by atoms with E-state index in [1.54, 1.807) is 6.92 Å². The van der Waals surface area contributed by atoms with E-state index in [2.05, 4.69) is 17.0 Å². The standard InChI is InChI=1S/C12H21NO2/c1-9(12(14)15-3)6-7-13-10(2)8-11-4-5-11/h6,10-11,13H,4-5,7-8H2,1-3H3. The maximum Gasteiger partial charge on any atom is 0.333 e. The Morgan fingerprint density at radius 1 is 1.60 bits per heavy atom. The average Bonchev–Trinajstić information content (AvgIpc) is 3.00. The molecule has 1 aliphatic rings. The average molecular weight is 211 g/mol. The zero-order valence-corrected chi connectivity index (χ0v) is 9.88. The molecule has 0 radical (unpaired) electrons.